The van der Waals surface area contributed by atoms with Gasteiger partial charge in [-0.05, 0) is 35.0 Å². The lowest BCUT2D eigenvalue weighted by molar-refractivity contribution is -0.919. The summed E-state index contributed by atoms with van der Waals surface area (Å²) in [7, 11) is 0. The molecule has 0 saturated carbocycles. The number of quaternary nitrogens is 1. The van der Waals surface area contributed by atoms with Gasteiger partial charge in [0.15, 0.2) is 6.54 Å². The predicted molar refractivity (Wildman–Crippen MR) is 95.4 cm³/mol. The van der Waals surface area contributed by atoms with Crippen molar-refractivity contribution in [2.75, 3.05) is 13.1 Å². The van der Waals surface area contributed by atoms with Crippen LogP contribution in [0, 0.1) is 0 Å². The van der Waals surface area contributed by atoms with Crippen molar-refractivity contribution in [2.24, 2.45) is 0 Å². The fourth-order valence-electron chi connectivity index (χ4n) is 3.32. The van der Waals surface area contributed by atoms with Crippen LogP contribution in [0.5, 0.6) is 0 Å². The van der Waals surface area contributed by atoms with Crippen LogP contribution >= 0.6 is 22.7 Å². The molecule has 124 valence electrons. The fraction of sp³-hybridized carbons (Fsp3) is 0.278. The first-order valence-corrected chi connectivity index (χ1v) is 9.80. The molecular formula is C18H19N2O2S2+. The first-order chi connectivity index (χ1) is 11.8. The van der Waals surface area contributed by atoms with E-state index in [4.69, 9.17) is 4.42 Å². The second kappa shape index (κ2) is 6.93. The van der Waals surface area contributed by atoms with E-state index in [1.807, 2.05) is 23.5 Å². The summed E-state index contributed by atoms with van der Waals surface area (Å²) < 4.78 is 5.27. The number of nitrogens with one attached hydrogen (secondary N) is 2. The Morgan fingerprint density at radius 1 is 1.25 bits per heavy atom. The molecule has 0 spiro atoms. The highest BCUT2D eigenvalue weighted by Gasteiger charge is 2.34. The fourth-order valence-corrected chi connectivity index (χ4v) is 5.14. The predicted octanol–water partition coefficient (Wildman–Crippen LogP) is 2.25. The zero-order valence-corrected chi connectivity index (χ0v) is 14.8. The molecule has 4 rings (SSSR count). The molecule has 1 amide bonds. The van der Waals surface area contributed by atoms with Gasteiger partial charge in [0.1, 0.15) is 11.8 Å². The molecule has 2 N–H and O–H groups in total. The quantitative estimate of drug-likeness (QED) is 0.734. The third-order valence-corrected chi connectivity index (χ3v) is 6.36. The van der Waals surface area contributed by atoms with Crippen molar-refractivity contribution < 1.29 is 14.1 Å². The van der Waals surface area contributed by atoms with Crippen molar-refractivity contribution in [3.05, 3.63) is 68.4 Å². The van der Waals surface area contributed by atoms with Crippen LogP contribution in [-0.2, 0) is 17.8 Å². The maximum atomic E-state index is 12.4. The maximum absolute atomic E-state index is 12.4. The number of fused-ring (bicyclic) bond motifs is 1. The highest BCUT2D eigenvalue weighted by atomic mass is 32.1. The highest BCUT2D eigenvalue weighted by molar-refractivity contribution is 7.10. The topological polar surface area (TPSA) is 46.7 Å². The van der Waals surface area contributed by atoms with E-state index in [1.165, 1.54) is 20.2 Å². The molecule has 2 atom stereocenters. The van der Waals surface area contributed by atoms with Crippen LogP contribution in [0.4, 0.5) is 0 Å². The van der Waals surface area contributed by atoms with Crippen molar-refractivity contribution in [1.82, 2.24) is 5.32 Å². The van der Waals surface area contributed by atoms with Gasteiger partial charge in [0.2, 0.25) is 0 Å². The first kappa shape index (κ1) is 15.6. The first-order valence-electron chi connectivity index (χ1n) is 8.04. The van der Waals surface area contributed by atoms with Crippen LogP contribution < -0.4 is 10.2 Å². The smallest absolute Gasteiger partial charge is 0.275 e. The van der Waals surface area contributed by atoms with Crippen LogP contribution in [-0.4, -0.2) is 19.0 Å². The number of hydrogen-bond donors (Lipinski definition) is 2. The monoisotopic (exact) mass is 359 g/mol. The molecule has 4 heterocycles. The van der Waals surface area contributed by atoms with E-state index in [2.05, 4.69) is 34.3 Å². The van der Waals surface area contributed by atoms with Crippen LogP contribution in [0.25, 0.3) is 0 Å². The Bertz CT molecular complexity index is 793. The van der Waals surface area contributed by atoms with Gasteiger partial charge in [0.05, 0.1) is 24.2 Å². The van der Waals surface area contributed by atoms with E-state index in [9.17, 15) is 4.79 Å². The van der Waals surface area contributed by atoms with Gasteiger partial charge in [-0.1, -0.05) is 6.07 Å². The zero-order chi connectivity index (χ0) is 16.4. The van der Waals surface area contributed by atoms with Gasteiger partial charge >= 0.3 is 0 Å². The summed E-state index contributed by atoms with van der Waals surface area (Å²) in [6.07, 6.45) is 2.68. The van der Waals surface area contributed by atoms with E-state index in [0.717, 1.165) is 18.7 Å². The van der Waals surface area contributed by atoms with E-state index in [0.29, 0.717) is 13.1 Å². The average molecular weight is 359 g/mol. The SMILES string of the molecule is O=C(C[NH+]1CCc2sccc2[C@H]1c1cccs1)NCc1ccco1. The number of thiophene rings is 2. The van der Waals surface area contributed by atoms with Crippen molar-refractivity contribution in [2.45, 2.75) is 19.0 Å². The van der Waals surface area contributed by atoms with E-state index < -0.39 is 0 Å². The summed E-state index contributed by atoms with van der Waals surface area (Å²) in [4.78, 5) is 16.5. The molecule has 6 heteroatoms. The summed E-state index contributed by atoms with van der Waals surface area (Å²) in [5, 5.41) is 7.26. The summed E-state index contributed by atoms with van der Waals surface area (Å²) in [6, 6.07) is 10.5. The molecular weight excluding hydrogens is 340 g/mol. The Balaban J connectivity index is 1.48. The molecule has 0 fully saturated rings. The van der Waals surface area contributed by atoms with Crippen LogP contribution in [0.2, 0.25) is 0 Å². The molecule has 24 heavy (non-hydrogen) atoms. The second-order valence-corrected chi connectivity index (χ2v) is 7.92. The highest BCUT2D eigenvalue weighted by Crippen LogP contribution is 2.31. The minimum atomic E-state index is 0.0710. The lowest BCUT2D eigenvalue weighted by Gasteiger charge is -2.31. The van der Waals surface area contributed by atoms with Gasteiger partial charge in [0.25, 0.3) is 5.91 Å². The maximum Gasteiger partial charge on any atom is 0.275 e. The molecule has 1 aliphatic heterocycles. The molecule has 0 bridgehead atoms. The van der Waals surface area contributed by atoms with Crippen LogP contribution in [0.3, 0.4) is 0 Å². The molecule has 0 aliphatic carbocycles. The third-order valence-electron chi connectivity index (χ3n) is 4.43. The van der Waals surface area contributed by atoms with Gasteiger partial charge in [-0.25, -0.2) is 0 Å². The number of carbonyl (C=O) groups is 1. The van der Waals surface area contributed by atoms with Crippen molar-refractivity contribution in [3.8, 4) is 0 Å². The number of amides is 1. The summed E-state index contributed by atoms with van der Waals surface area (Å²) in [5.41, 5.74) is 1.39. The normalized spacial score (nSPS) is 19.8. The lowest BCUT2D eigenvalue weighted by Crippen LogP contribution is -3.14. The summed E-state index contributed by atoms with van der Waals surface area (Å²) in [6.45, 7) is 1.93. The molecule has 0 saturated heterocycles. The summed E-state index contributed by atoms with van der Waals surface area (Å²) in [5.74, 6) is 0.855. The van der Waals surface area contributed by atoms with Crippen LogP contribution in [0.1, 0.15) is 27.1 Å². The van der Waals surface area contributed by atoms with Gasteiger partial charge < -0.3 is 14.6 Å². The Labute approximate surface area is 148 Å². The van der Waals surface area contributed by atoms with Gasteiger partial charge in [-0.2, -0.15) is 0 Å². The van der Waals surface area contributed by atoms with Crippen molar-refractivity contribution in [1.29, 1.82) is 0 Å². The molecule has 3 aromatic heterocycles. The molecule has 3 aromatic rings. The molecule has 1 unspecified atom stereocenters. The minimum absolute atomic E-state index is 0.0710. The van der Waals surface area contributed by atoms with E-state index >= 15 is 0 Å². The third kappa shape index (κ3) is 3.17. The summed E-state index contributed by atoms with van der Waals surface area (Å²) >= 11 is 3.61. The molecule has 4 nitrogen and oxygen atoms in total. The van der Waals surface area contributed by atoms with E-state index in [-0.39, 0.29) is 11.9 Å². The zero-order valence-electron chi connectivity index (χ0n) is 13.2. The standard InChI is InChI=1S/C18H18N2O2S2/c21-17(19-11-13-3-1-8-22-13)12-20-7-5-15-14(6-10-24-15)18(20)16-4-2-9-23-16/h1-4,6,8-10,18H,5,7,11-12H2,(H,19,21)/p+1/t18-/m0/s1. The van der Waals surface area contributed by atoms with Crippen molar-refractivity contribution >= 4 is 28.6 Å². The second-order valence-electron chi connectivity index (χ2n) is 5.94. The number of rotatable bonds is 5. The Morgan fingerprint density at radius 2 is 2.21 bits per heavy atom. The Kier molecular flexibility index (Phi) is 4.51. The van der Waals surface area contributed by atoms with E-state index in [1.54, 1.807) is 17.6 Å². The number of furan rings is 1. The Hall–Kier alpha value is -1.89. The van der Waals surface area contributed by atoms with Gasteiger partial charge in [-0.15, -0.1) is 22.7 Å². The van der Waals surface area contributed by atoms with Gasteiger partial charge in [-0.3, -0.25) is 4.79 Å². The van der Waals surface area contributed by atoms with Gasteiger partial charge in [0, 0.05) is 16.9 Å². The average Bonchev–Trinajstić information content (AvgIpc) is 3.33. The molecule has 0 radical (unpaired) electrons. The Morgan fingerprint density at radius 3 is 3.00 bits per heavy atom. The largest absolute Gasteiger partial charge is 0.467 e. The van der Waals surface area contributed by atoms with Crippen LogP contribution in [0.15, 0.2) is 51.8 Å². The molecule has 1 aliphatic rings. The molecule has 0 aromatic carbocycles. The van der Waals surface area contributed by atoms with Crippen molar-refractivity contribution in [3.63, 3.8) is 0 Å². The minimum Gasteiger partial charge on any atom is -0.467 e. The number of carbonyl (C=O) groups excluding carboxylic acids is 1. The lowest BCUT2D eigenvalue weighted by atomic mass is 9.98. The number of hydrogen-bond acceptors (Lipinski definition) is 4.